The van der Waals surface area contributed by atoms with Crippen LogP contribution in [0.2, 0.25) is 0 Å². The van der Waals surface area contributed by atoms with Crippen LogP contribution >= 0.6 is 11.3 Å². The number of ketones is 1. The predicted molar refractivity (Wildman–Crippen MR) is 134 cm³/mol. The molecule has 0 saturated carbocycles. The molecule has 1 aliphatic rings. The van der Waals surface area contributed by atoms with Gasteiger partial charge >= 0.3 is 11.9 Å². The minimum atomic E-state index is -0.991. The third-order valence-electron chi connectivity index (χ3n) is 5.70. The van der Waals surface area contributed by atoms with Gasteiger partial charge in [0.15, 0.2) is 5.13 Å². The number of nitrogens with zero attached hydrogens (tertiary/aromatic N) is 3. The highest BCUT2D eigenvalue weighted by molar-refractivity contribution is 7.17. The average molecular weight is 508 g/mol. The highest BCUT2D eigenvalue weighted by atomic mass is 32.1. The molecule has 1 fully saturated rings. The van der Waals surface area contributed by atoms with Gasteiger partial charge in [0.25, 0.3) is 5.78 Å². The molecule has 2 aromatic heterocycles. The van der Waals surface area contributed by atoms with E-state index in [9.17, 15) is 19.5 Å². The number of hydrogen-bond donors (Lipinski definition) is 1. The molecule has 10 heteroatoms. The molecule has 1 aliphatic heterocycles. The van der Waals surface area contributed by atoms with Crippen LogP contribution in [-0.2, 0) is 14.3 Å². The summed E-state index contributed by atoms with van der Waals surface area (Å²) in [7, 11) is 1.25. The average Bonchev–Trinajstić information content (AvgIpc) is 3.40. The molecular weight excluding hydrogens is 482 g/mol. The molecule has 0 radical (unpaired) electrons. The van der Waals surface area contributed by atoms with Gasteiger partial charge in [-0.15, -0.1) is 0 Å². The molecule has 1 N–H and O–H groups in total. The minimum Gasteiger partial charge on any atom is -0.507 e. The van der Waals surface area contributed by atoms with E-state index in [2.05, 4.69) is 16.9 Å². The zero-order valence-corrected chi connectivity index (χ0v) is 20.9. The lowest BCUT2D eigenvalue weighted by molar-refractivity contribution is -0.132. The van der Waals surface area contributed by atoms with Crippen molar-refractivity contribution in [3.63, 3.8) is 0 Å². The number of rotatable bonds is 8. The SMILES string of the molecule is CCCCOc1ccc(/C(O)=C2\C(=O)C(=O)N(c3nc(C)c(C(=O)OC)s3)C2c2cccnc2)cc1. The number of esters is 1. The van der Waals surface area contributed by atoms with E-state index in [1.165, 1.54) is 18.2 Å². The standard InChI is InChI=1S/C26H25N3O6S/c1-4-5-13-35-18-10-8-16(9-11-18)21(30)19-20(17-7-6-12-27-14-17)29(24(32)22(19)31)26-28-15(2)23(36-26)25(33)34-3/h6-12,14,20,30H,4-5,13H2,1-3H3/b21-19+. The number of amides is 1. The minimum absolute atomic E-state index is 0.0971. The number of methoxy groups -OCH3 is 1. The Morgan fingerprint density at radius 3 is 2.58 bits per heavy atom. The molecule has 3 aromatic rings. The van der Waals surface area contributed by atoms with Gasteiger partial charge in [0, 0.05) is 18.0 Å². The van der Waals surface area contributed by atoms with Crippen molar-refractivity contribution in [2.45, 2.75) is 32.7 Å². The van der Waals surface area contributed by atoms with E-state index in [1.54, 1.807) is 49.5 Å². The molecule has 1 amide bonds. The van der Waals surface area contributed by atoms with Crippen molar-refractivity contribution in [3.05, 3.63) is 76.1 Å². The van der Waals surface area contributed by atoms with Gasteiger partial charge in [0.05, 0.1) is 31.0 Å². The maximum atomic E-state index is 13.2. The Bertz CT molecular complexity index is 1320. The summed E-state index contributed by atoms with van der Waals surface area (Å²) in [5, 5.41) is 11.4. The molecule has 0 aliphatic carbocycles. The number of anilines is 1. The number of carbonyl (C=O) groups is 3. The number of carbonyl (C=O) groups excluding carboxylic acids is 3. The Labute approximate surface area is 212 Å². The summed E-state index contributed by atoms with van der Waals surface area (Å²) in [6, 6.07) is 9.05. The highest BCUT2D eigenvalue weighted by Crippen LogP contribution is 2.43. The Morgan fingerprint density at radius 2 is 1.94 bits per heavy atom. The fourth-order valence-corrected chi connectivity index (χ4v) is 4.86. The van der Waals surface area contributed by atoms with Crippen LogP contribution in [0.3, 0.4) is 0 Å². The highest BCUT2D eigenvalue weighted by Gasteiger charge is 2.48. The molecule has 1 saturated heterocycles. The van der Waals surface area contributed by atoms with Crippen LogP contribution < -0.4 is 9.64 Å². The monoisotopic (exact) mass is 507 g/mol. The number of aliphatic hydroxyl groups excluding tert-OH is 1. The summed E-state index contributed by atoms with van der Waals surface area (Å²) in [6.45, 7) is 4.27. The normalized spacial score (nSPS) is 16.9. The Morgan fingerprint density at radius 1 is 1.19 bits per heavy atom. The van der Waals surface area contributed by atoms with Gasteiger partial charge in [0.1, 0.15) is 16.4 Å². The number of benzene rings is 1. The van der Waals surface area contributed by atoms with Crippen molar-refractivity contribution in [2.24, 2.45) is 0 Å². The predicted octanol–water partition coefficient (Wildman–Crippen LogP) is 4.44. The summed E-state index contributed by atoms with van der Waals surface area (Å²) >= 11 is 0.941. The van der Waals surface area contributed by atoms with Crippen LogP contribution in [-0.4, -0.2) is 46.5 Å². The molecule has 1 aromatic carbocycles. The number of aryl methyl sites for hydroxylation is 1. The first-order chi connectivity index (χ1) is 17.4. The van der Waals surface area contributed by atoms with E-state index in [0.29, 0.717) is 29.2 Å². The van der Waals surface area contributed by atoms with E-state index in [4.69, 9.17) is 9.47 Å². The molecule has 186 valence electrons. The number of aromatic nitrogens is 2. The molecule has 0 bridgehead atoms. The molecule has 3 heterocycles. The topological polar surface area (TPSA) is 119 Å². The van der Waals surface area contributed by atoms with Gasteiger partial charge in [-0.3, -0.25) is 19.5 Å². The van der Waals surface area contributed by atoms with E-state index in [0.717, 1.165) is 24.2 Å². The molecule has 36 heavy (non-hydrogen) atoms. The molecule has 4 rings (SSSR count). The second-order valence-electron chi connectivity index (χ2n) is 8.08. The number of thiazole rings is 1. The molecular formula is C26H25N3O6S. The van der Waals surface area contributed by atoms with Gasteiger partial charge in [0.2, 0.25) is 0 Å². The third kappa shape index (κ3) is 4.72. The second kappa shape index (κ2) is 10.7. The van der Waals surface area contributed by atoms with Crippen molar-refractivity contribution in [2.75, 3.05) is 18.6 Å². The lowest BCUT2D eigenvalue weighted by atomic mass is 9.96. The maximum Gasteiger partial charge on any atom is 0.350 e. The summed E-state index contributed by atoms with van der Waals surface area (Å²) in [4.78, 5) is 48.5. The zero-order chi connectivity index (χ0) is 25.8. The molecule has 0 spiro atoms. The van der Waals surface area contributed by atoms with Crippen LogP contribution in [0.1, 0.15) is 52.3 Å². The van der Waals surface area contributed by atoms with Gasteiger partial charge in [-0.1, -0.05) is 30.7 Å². The number of pyridine rings is 1. The lowest BCUT2D eigenvalue weighted by Gasteiger charge is -2.22. The first-order valence-corrected chi connectivity index (χ1v) is 12.2. The van der Waals surface area contributed by atoms with Crippen molar-refractivity contribution >= 4 is 39.9 Å². The Kier molecular flexibility index (Phi) is 7.44. The van der Waals surface area contributed by atoms with Crippen molar-refractivity contribution in [3.8, 4) is 5.75 Å². The van der Waals surface area contributed by atoms with E-state index in [1.807, 2.05) is 0 Å². The van der Waals surface area contributed by atoms with Gasteiger partial charge in [-0.2, -0.15) is 0 Å². The van der Waals surface area contributed by atoms with Gasteiger partial charge < -0.3 is 14.6 Å². The lowest BCUT2D eigenvalue weighted by Crippen LogP contribution is -2.29. The first kappa shape index (κ1) is 25.1. The number of ether oxygens (including phenoxy) is 2. The molecule has 1 atom stereocenters. The fourth-order valence-electron chi connectivity index (χ4n) is 3.85. The van der Waals surface area contributed by atoms with Gasteiger partial charge in [-0.25, -0.2) is 9.78 Å². The summed E-state index contributed by atoms with van der Waals surface area (Å²) in [5.41, 5.74) is 1.13. The Balaban J connectivity index is 1.80. The van der Waals surface area contributed by atoms with Crippen LogP contribution in [0.25, 0.3) is 5.76 Å². The first-order valence-electron chi connectivity index (χ1n) is 11.4. The smallest absolute Gasteiger partial charge is 0.350 e. The van der Waals surface area contributed by atoms with E-state index < -0.39 is 23.7 Å². The number of unbranched alkanes of at least 4 members (excludes halogenated alkanes) is 1. The van der Waals surface area contributed by atoms with Crippen molar-refractivity contribution in [1.82, 2.24) is 9.97 Å². The quantitative estimate of drug-likeness (QED) is 0.156. The van der Waals surface area contributed by atoms with E-state index in [-0.39, 0.29) is 21.3 Å². The number of aliphatic hydroxyl groups is 1. The second-order valence-corrected chi connectivity index (χ2v) is 9.06. The zero-order valence-electron chi connectivity index (χ0n) is 20.1. The molecule has 9 nitrogen and oxygen atoms in total. The summed E-state index contributed by atoms with van der Waals surface area (Å²) in [5.74, 6) is -2.01. The Hall–Kier alpha value is -4.05. The number of hydrogen-bond acceptors (Lipinski definition) is 9. The van der Waals surface area contributed by atoms with E-state index >= 15 is 0 Å². The van der Waals surface area contributed by atoms with Gasteiger partial charge in [-0.05, 0) is 49.2 Å². The van der Waals surface area contributed by atoms with Crippen LogP contribution in [0.15, 0.2) is 54.4 Å². The fraction of sp³-hybridized carbons (Fsp3) is 0.269. The van der Waals surface area contributed by atoms with Crippen LogP contribution in [0.5, 0.6) is 5.75 Å². The third-order valence-corrected chi connectivity index (χ3v) is 6.84. The summed E-state index contributed by atoms with van der Waals surface area (Å²) < 4.78 is 10.5. The number of Topliss-reactive ketones (excluding diaryl/α,β-unsaturated/α-hetero) is 1. The van der Waals surface area contributed by atoms with Crippen LogP contribution in [0.4, 0.5) is 5.13 Å². The van der Waals surface area contributed by atoms with Crippen molar-refractivity contribution in [1.29, 1.82) is 0 Å². The maximum absolute atomic E-state index is 13.2. The summed E-state index contributed by atoms with van der Waals surface area (Å²) in [6.07, 6.45) is 5.01. The largest absolute Gasteiger partial charge is 0.507 e. The molecule has 1 unspecified atom stereocenters. The van der Waals surface area contributed by atoms with Crippen molar-refractivity contribution < 1.29 is 29.0 Å². The van der Waals surface area contributed by atoms with Crippen LogP contribution in [0, 0.1) is 6.92 Å².